The number of carboxylic acid groups (broad SMARTS) is 1. The van der Waals surface area contributed by atoms with E-state index in [1.54, 1.807) is 13.2 Å². The number of carbonyl (C=O) groups is 1. The molecule has 0 unspecified atom stereocenters. The van der Waals surface area contributed by atoms with Crippen LogP contribution in [0.1, 0.15) is 16.1 Å². The van der Waals surface area contributed by atoms with E-state index in [9.17, 15) is 4.79 Å². The Labute approximate surface area is 110 Å². The van der Waals surface area contributed by atoms with Crippen LogP contribution in [-0.4, -0.2) is 24.7 Å². The highest BCUT2D eigenvalue weighted by atomic mass is 16.5. The second-order valence-corrected chi connectivity index (χ2v) is 4.00. The molecule has 0 saturated carbocycles. The number of nitrogens with one attached hydrogen (secondary N) is 1. The van der Waals surface area contributed by atoms with E-state index in [0.717, 1.165) is 17.7 Å². The van der Waals surface area contributed by atoms with E-state index in [1.807, 2.05) is 24.3 Å². The first-order valence-electron chi connectivity index (χ1n) is 5.89. The van der Waals surface area contributed by atoms with E-state index in [0.29, 0.717) is 12.4 Å². The highest BCUT2D eigenvalue weighted by Gasteiger charge is 2.08. The Kier molecular flexibility index (Phi) is 4.07. The molecule has 0 bridgehead atoms. The SMILES string of the molecule is COc1cccc(CCNc2ccc(C(=O)O)o2)c1. The molecule has 1 heterocycles. The van der Waals surface area contributed by atoms with Crippen molar-refractivity contribution in [2.24, 2.45) is 0 Å². The van der Waals surface area contributed by atoms with E-state index < -0.39 is 5.97 Å². The predicted molar refractivity (Wildman–Crippen MR) is 70.9 cm³/mol. The third-order valence-corrected chi connectivity index (χ3v) is 2.66. The maximum absolute atomic E-state index is 10.6. The van der Waals surface area contributed by atoms with E-state index in [4.69, 9.17) is 14.3 Å². The second kappa shape index (κ2) is 5.95. The summed E-state index contributed by atoms with van der Waals surface area (Å²) in [6, 6.07) is 10.8. The van der Waals surface area contributed by atoms with Gasteiger partial charge < -0.3 is 19.6 Å². The Morgan fingerprint density at radius 1 is 1.37 bits per heavy atom. The van der Waals surface area contributed by atoms with Crippen molar-refractivity contribution >= 4 is 11.9 Å². The molecule has 0 spiro atoms. The molecule has 2 N–H and O–H groups in total. The average Bonchev–Trinajstić information content (AvgIpc) is 2.88. The van der Waals surface area contributed by atoms with Gasteiger partial charge in [-0.05, 0) is 30.2 Å². The summed E-state index contributed by atoms with van der Waals surface area (Å²) in [5.74, 6) is 0.147. The van der Waals surface area contributed by atoms with Crippen LogP contribution in [0.15, 0.2) is 40.8 Å². The minimum atomic E-state index is -1.07. The van der Waals surface area contributed by atoms with Crippen molar-refractivity contribution in [3.63, 3.8) is 0 Å². The molecule has 0 amide bonds. The summed E-state index contributed by atoms with van der Waals surface area (Å²) in [6.07, 6.45) is 0.792. The summed E-state index contributed by atoms with van der Waals surface area (Å²) in [6.45, 7) is 0.653. The zero-order valence-electron chi connectivity index (χ0n) is 10.6. The average molecular weight is 261 g/mol. The topological polar surface area (TPSA) is 71.7 Å². The van der Waals surface area contributed by atoms with Gasteiger partial charge in [-0.25, -0.2) is 4.79 Å². The molecule has 0 aliphatic rings. The van der Waals surface area contributed by atoms with Crippen LogP contribution in [-0.2, 0) is 6.42 Å². The number of rotatable bonds is 6. The van der Waals surface area contributed by atoms with Crippen molar-refractivity contribution in [3.8, 4) is 5.75 Å². The fraction of sp³-hybridized carbons (Fsp3) is 0.214. The van der Waals surface area contributed by atoms with Gasteiger partial charge in [0, 0.05) is 12.6 Å². The third kappa shape index (κ3) is 3.51. The Bertz CT molecular complexity index is 562. The largest absolute Gasteiger partial charge is 0.497 e. The van der Waals surface area contributed by atoms with Gasteiger partial charge in [-0.3, -0.25) is 0 Å². The zero-order chi connectivity index (χ0) is 13.7. The van der Waals surface area contributed by atoms with Crippen molar-refractivity contribution in [3.05, 3.63) is 47.7 Å². The third-order valence-electron chi connectivity index (χ3n) is 2.66. The lowest BCUT2D eigenvalue weighted by Crippen LogP contribution is -2.04. The van der Waals surface area contributed by atoms with Gasteiger partial charge in [-0.15, -0.1) is 0 Å². The second-order valence-electron chi connectivity index (χ2n) is 4.00. The van der Waals surface area contributed by atoms with Crippen molar-refractivity contribution in [1.29, 1.82) is 0 Å². The summed E-state index contributed by atoms with van der Waals surface area (Å²) >= 11 is 0. The Hall–Kier alpha value is -2.43. The zero-order valence-corrected chi connectivity index (χ0v) is 10.6. The van der Waals surface area contributed by atoms with Crippen LogP contribution in [0.25, 0.3) is 0 Å². The van der Waals surface area contributed by atoms with Gasteiger partial charge in [-0.1, -0.05) is 12.1 Å². The smallest absolute Gasteiger partial charge is 0.371 e. The molecule has 100 valence electrons. The number of methoxy groups -OCH3 is 1. The maximum atomic E-state index is 10.6. The van der Waals surface area contributed by atoms with Crippen molar-refractivity contribution < 1.29 is 19.1 Å². The molecule has 0 aliphatic heterocycles. The molecule has 1 aromatic carbocycles. The molecule has 0 aliphatic carbocycles. The van der Waals surface area contributed by atoms with Crippen molar-refractivity contribution in [1.82, 2.24) is 0 Å². The number of hydrogen-bond acceptors (Lipinski definition) is 4. The summed E-state index contributed by atoms with van der Waals surface area (Å²) < 4.78 is 10.2. The van der Waals surface area contributed by atoms with Crippen LogP contribution in [0.4, 0.5) is 5.88 Å². The number of hydrogen-bond donors (Lipinski definition) is 2. The lowest BCUT2D eigenvalue weighted by molar-refractivity contribution is 0.0663. The molecule has 19 heavy (non-hydrogen) atoms. The lowest BCUT2D eigenvalue weighted by atomic mass is 10.1. The minimum absolute atomic E-state index is 0.0659. The number of carboxylic acids is 1. The van der Waals surface area contributed by atoms with Gasteiger partial charge in [0.25, 0.3) is 0 Å². The van der Waals surface area contributed by atoms with Gasteiger partial charge in [0.15, 0.2) is 5.88 Å². The molecular formula is C14H15NO4. The van der Waals surface area contributed by atoms with Crippen LogP contribution in [0.2, 0.25) is 0 Å². The Morgan fingerprint density at radius 2 is 2.21 bits per heavy atom. The van der Waals surface area contributed by atoms with Crippen LogP contribution in [0.5, 0.6) is 5.75 Å². The summed E-state index contributed by atoms with van der Waals surface area (Å²) in [5.41, 5.74) is 1.14. The van der Waals surface area contributed by atoms with Crippen LogP contribution in [0, 0.1) is 0 Å². The normalized spacial score (nSPS) is 10.2. The quantitative estimate of drug-likeness (QED) is 0.836. The molecule has 2 rings (SSSR count). The fourth-order valence-corrected chi connectivity index (χ4v) is 1.71. The molecule has 0 radical (unpaired) electrons. The van der Waals surface area contributed by atoms with Gasteiger partial charge in [0.2, 0.25) is 5.76 Å². The number of furan rings is 1. The molecule has 0 atom stereocenters. The van der Waals surface area contributed by atoms with Crippen molar-refractivity contribution in [2.45, 2.75) is 6.42 Å². The monoisotopic (exact) mass is 261 g/mol. The number of benzene rings is 1. The number of ether oxygens (including phenoxy) is 1. The van der Waals surface area contributed by atoms with E-state index in [1.165, 1.54) is 6.07 Å². The van der Waals surface area contributed by atoms with Gasteiger partial charge in [0.05, 0.1) is 7.11 Å². The van der Waals surface area contributed by atoms with E-state index in [-0.39, 0.29) is 5.76 Å². The highest BCUT2D eigenvalue weighted by molar-refractivity contribution is 5.84. The van der Waals surface area contributed by atoms with E-state index >= 15 is 0 Å². The number of aromatic carboxylic acids is 1. The fourth-order valence-electron chi connectivity index (χ4n) is 1.71. The van der Waals surface area contributed by atoms with Gasteiger partial charge in [0.1, 0.15) is 5.75 Å². The lowest BCUT2D eigenvalue weighted by Gasteiger charge is -2.05. The first kappa shape index (κ1) is 13.0. The maximum Gasteiger partial charge on any atom is 0.371 e. The Morgan fingerprint density at radius 3 is 2.89 bits per heavy atom. The molecule has 1 aromatic heterocycles. The van der Waals surface area contributed by atoms with Crippen LogP contribution in [0.3, 0.4) is 0 Å². The highest BCUT2D eigenvalue weighted by Crippen LogP contribution is 2.15. The van der Waals surface area contributed by atoms with Gasteiger partial charge in [-0.2, -0.15) is 0 Å². The van der Waals surface area contributed by atoms with Crippen LogP contribution < -0.4 is 10.1 Å². The summed E-state index contributed by atoms with van der Waals surface area (Å²) in [7, 11) is 1.63. The minimum Gasteiger partial charge on any atom is -0.497 e. The molecule has 5 nitrogen and oxygen atoms in total. The predicted octanol–water partition coefficient (Wildman–Crippen LogP) is 2.64. The number of anilines is 1. The first-order chi connectivity index (χ1) is 9.19. The first-order valence-corrected chi connectivity index (χ1v) is 5.89. The molecular weight excluding hydrogens is 246 g/mol. The molecule has 0 fully saturated rings. The van der Waals surface area contributed by atoms with Crippen LogP contribution >= 0.6 is 0 Å². The van der Waals surface area contributed by atoms with Gasteiger partial charge >= 0.3 is 5.97 Å². The van der Waals surface area contributed by atoms with E-state index in [2.05, 4.69) is 5.32 Å². The summed E-state index contributed by atoms with van der Waals surface area (Å²) in [4.78, 5) is 10.6. The molecule has 0 saturated heterocycles. The summed E-state index contributed by atoms with van der Waals surface area (Å²) in [5, 5.41) is 11.8. The molecule has 2 aromatic rings. The Balaban J connectivity index is 1.86. The van der Waals surface area contributed by atoms with Crippen molar-refractivity contribution in [2.75, 3.05) is 19.0 Å². The molecule has 5 heteroatoms. The standard InChI is InChI=1S/C14H15NO4/c1-18-11-4-2-3-10(9-11)7-8-15-13-6-5-12(19-13)14(16)17/h2-6,9,15H,7-8H2,1H3,(H,16,17).